The molecule has 3 heterocycles. The molecule has 6 heteroatoms. The second kappa shape index (κ2) is 5.22. The smallest absolute Gasteiger partial charge is 0.231 e. The van der Waals surface area contributed by atoms with Crippen molar-refractivity contribution < 1.29 is 14.1 Å². The van der Waals surface area contributed by atoms with Gasteiger partial charge in [0, 0.05) is 12.5 Å². The first kappa shape index (κ1) is 12.5. The topological polar surface area (TPSA) is 65.2 Å². The predicted octanol–water partition coefficient (Wildman–Crippen LogP) is 2.43. The van der Waals surface area contributed by atoms with Crippen molar-refractivity contribution in [1.82, 2.24) is 10.1 Å². The van der Waals surface area contributed by atoms with E-state index in [2.05, 4.69) is 10.1 Å². The number of ketones is 1. The molecule has 0 bridgehead atoms. The number of Topliss-reactive ketones (excluding diaryl/α,β-unsaturated/α-hetero) is 1. The Morgan fingerprint density at radius 3 is 3.16 bits per heavy atom. The van der Waals surface area contributed by atoms with Crippen molar-refractivity contribution in [3.05, 3.63) is 33.6 Å². The third-order valence-electron chi connectivity index (χ3n) is 3.13. The maximum Gasteiger partial charge on any atom is 0.231 e. The van der Waals surface area contributed by atoms with Crippen LogP contribution in [-0.2, 0) is 11.2 Å². The van der Waals surface area contributed by atoms with Crippen LogP contribution in [0.2, 0.25) is 0 Å². The van der Waals surface area contributed by atoms with E-state index < -0.39 is 0 Å². The summed E-state index contributed by atoms with van der Waals surface area (Å²) >= 11 is 1.45. The first-order valence-corrected chi connectivity index (χ1v) is 7.09. The van der Waals surface area contributed by atoms with Crippen LogP contribution in [0.3, 0.4) is 0 Å². The summed E-state index contributed by atoms with van der Waals surface area (Å²) in [5.74, 6) is 1.67. The highest BCUT2D eigenvalue weighted by Crippen LogP contribution is 2.23. The Kier molecular flexibility index (Phi) is 3.44. The first-order chi connectivity index (χ1) is 9.22. The first-order valence-electron chi connectivity index (χ1n) is 6.21. The molecule has 0 spiro atoms. The van der Waals surface area contributed by atoms with Crippen molar-refractivity contribution in [2.75, 3.05) is 13.2 Å². The van der Waals surface area contributed by atoms with E-state index in [1.54, 1.807) is 6.92 Å². The normalized spacial score (nSPS) is 18.9. The molecule has 1 aliphatic heterocycles. The summed E-state index contributed by atoms with van der Waals surface area (Å²) in [5, 5.41) is 5.96. The third kappa shape index (κ3) is 2.74. The average molecular weight is 278 g/mol. The van der Waals surface area contributed by atoms with Crippen LogP contribution in [0.1, 0.15) is 46.2 Å². The lowest BCUT2D eigenvalue weighted by molar-refractivity contribution is 0.102. The number of ether oxygens (including phenoxy) is 1. The van der Waals surface area contributed by atoms with Crippen LogP contribution >= 0.6 is 11.3 Å². The molecule has 5 nitrogen and oxygen atoms in total. The van der Waals surface area contributed by atoms with Gasteiger partial charge in [-0.05, 0) is 30.4 Å². The van der Waals surface area contributed by atoms with Gasteiger partial charge in [-0.1, -0.05) is 5.16 Å². The van der Waals surface area contributed by atoms with Crippen LogP contribution in [0.4, 0.5) is 0 Å². The molecule has 0 aliphatic carbocycles. The van der Waals surface area contributed by atoms with E-state index in [0.29, 0.717) is 18.9 Å². The molecule has 1 aliphatic rings. The Balaban J connectivity index is 1.70. The maximum absolute atomic E-state index is 11.2. The minimum atomic E-state index is 0.0885. The molecule has 0 amide bonds. The SMILES string of the molecule is CC(=O)c1cc(Cc2nc(C3CCOC3)no2)cs1. The maximum atomic E-state index is 11.2. The number of aromatic nitrogens is 2. The Morgan fingerprint density at radius 2 is 2.47 bits per heavy atom. The van der Waals surface area contributed by atoms with E-state index in [4.69, 9.17) is 9.26 Å². The molecule has 2 aromatic rings. The molecule has 0 saturated carbocycles. The van der Waals surface area contributed by atoms with Crippen LogP contribution < -0.4 is 0 Å². The zero-order chi connectivity index (χ0) is 13.2. The standard InChI is InChI=1S/C13H14N2O3S/c1-8(16)11-4-9(7-19-11)5-12-14-13(15-18-12)10-2-3-17-6-10/h4,7,10H,2-3,5-6H2,1H3. The van der Waals surface area contributed by atoms with Gasteiger partial charge in [0.1, 0.15) is 0 Å². The Hall–Kier alpha value is -1.53. The van der Waals surface area contributed by atoms with Gasteiger partial charge in [0.25, 0.3) is 0 Å². The van der Waals surface area contributed by atoms with Gasteiger partial charge in [-0.3, -0.25) is 4.79 Å². The van der Waals surface area contributed by atoms with Gasteiger partial charge in [-0.15, -0.1) is 11.3 Å². The van der Waals surface area contributed by atoms with Gasteiger partial charge in [-0.2, -0.15) is 4.98 Å². The van der Waals surface area contributed by atoms with Crippen LogP contribution in [0, 0.1) is 0 Å². The molecular formula is C13H14N2O3S. The van der Waals surface area contributed by atoms with E-state index in [0.717, 1.165) is 29.3 Å². The van der Waals surface area contributed by atoms with Crippen molar-refractivity contribution in [2.45, 2.75) is 25.7 Å². The molecule has 0 aromatic carbocycles. The Bertz CT molecular complexity index is 584. The number of carbonyl (C=O) groups excluding carboxylic acids is 1. The molecule has 19 heavy (non-hydrogen) atoms. The molecule has 2 aromatic heterocycles. The summed E-state index contributed by atoms with van der Waals surface area (Å²) in [6.45, 7) is 3.01. The molecule has 1 saturated heterocycles. The van der Waals surface area contributed by atoms with E-state index in [9.17, 15) is 4.79 Å². The summed E-state index contributed by atoms with van der Waals surface area (Å²) < 4.78 is 10.6. The van der Waals surface area contributed by atoms with Gasteiger partial charge >= 0.3 is 0 Å². The molecule has 100 valence electrons. The molecule has 1 fully saturated rings. The number of hydrogen-bond donors (Lipinski definition) is 0. The molecular weight excluding hydrogens is 264 g/mol. The number of hydrogen-bond acceptors (Lipinski definition) is 6. The number of carbonyl (C=O) groups is 1. The van der Waals surface area contributed by atoms with E-state index in [1.807, 2.05) is 11.4 Å². The van der Waals surface area contributed by atoms with Crippen LogP contribution in [0.15, 0.2) is 16.0 Å². The lowest BCUT2D eigenvalue weighted by Gasteiger charge is -1.97. The predicted molar refractivity (Wildman–Crippen MR) is 69.6 cm³/mol. The van der Waals surface area contributed by atoms with Gasteiger partial charge in [0.2, 0.25) is 5.89 Å². The summed E-state index contributed by atoms with van der Waals surface area (Å²) in [7, 11) is 0. The van der Waals surface area contributed by atoms with Crippen LogP contribution in [-0.4, -0.2) is 29.1 Å². The molecule has 3 rings (SSSR count). The highest BCUT2D eigenvalue weighted by atomic mass is 32.1. The van der Waals surface area contributed by atoms with Gasteiger partial charge in [-0.25, -0.2) is 0 Å². The van der Waals surface area contributed by atoms with Crippen LogP contribution in [0.25, 0.3) is 0 Å². The monoisotopic (exact) mass is 278 g/mol. The minimum Gasteiger partial charge on any atom is -0.381 e. The summed E-state index contributed by atoms with van der Waals surface area (Å²) in [6.07, 6.45) is 1.52. The zero-order valence-corrected chi connectivity index (χ0v) is 11.4. The lowest BCUT2D eigenvalue weighted by atomic mass is 10.1. The number of rotatable bonds is 4. The fraction of sp³-hybridized carbons (Fsp3) is 0.462. The quantitative estimate of drug-likeness (QED) is 0.804. The molecule has 0 N–H and O–H groups in total. The molecule has 0 radical (unpaired) electrons. The van der Waals surface area contributed by atoms with Crippen molar-refractivity contribution in [2.24, 2.45) is 0 Å². The molecule has 1 unspecified atom stereocenters. The van der Waals surface area contributed by atoms with Crippen molar-refractivity contribution >= 4 is 17.1 Å². The lowest BCUT2D eigenvalue weighted by Crippen LogP contribution is -2.00. The largest absolute Gasteiger partial charge is 0.381 e. The second-order valence-electron chi connectivity index (χ2n) is 4.66. The third-order valence-corrected chi connectivity index (χ3v) is 4.21. The Labute approximate surface area is 114 Å². The van der Waals surface area contributed by atoms with E-state index in [1.165, 1.54) is 11.3 Å². The van der Waals surface area contributed by atoms with Gasteiger partial charge in [0.05, 0.1) is 17.9 Å². The highest BCUT2D eigenvalue weighted by Gasteiger charge is 2.23. The fourth-order valence-electron chi connectivity index (χ4n) is 2.07. The molecule has 1 atom stereocenters. The highest BCUT2D eigenvalue weighted by molar-refractivity contribution is 7.12. The minimum absolute atomic E-state index is 0.0885. The summed E-state index contributed by atoms with van der Waals surface area (Å²) in [5.41, 5.74) is 1.04. The fourth-order valence-corrected chi connectivity index (χ4v) is 2.89. The Morgan fingerprint density at radius 1 is 1.58 bits per heavy atom. The summed E-state index contributed by atoms with van der Waals surface area (Å²) in [4.78, 5) is 16.4. The van der Waals surface area contributed by atoms with Crippen LogP contribution in [0.5, 0.6) is 0 Å². The van der Waals surface area contributed by atoms with Crippen molar-refractivity contribution in [3.8, 4) is 0 Å². The van der Waals surface area contributed by atoms with Gasteiger partial charge < -0.3 is 9.26 Å². The second-order valence-corrected chi connectivity index (χ2v) is 5.57. The van der Waals surface area contributed by atoms with E-state index >= 15 is 0 Å². The zero-order valence-electron chi connectivity index (χ0n) is 10.6. The van der Waals surface area contributed by atoms with Crippen molar-refractivity contribution in [1.29, 1.82) is 0 Å². The summed E-state index contributed by atoms with van der Waals surface area (Å²) in [6, 6.07) is 1.88. The van der Waals surface area contributed by atoms with Crippen molar-refractivity contribution in [3.63, 3.8) is 0 Å². The van der Waals surface area contributed by atoms with Gasteiger partial charge in [0.15, 0.2) is 11.6 Å². The number of thiophene rings is 1. The number of nitrogens with zero attached hydrogens (tertiary/aromatic N) is 2. The van der Waals surface area contributed by atoms with E-state index in [-0.39, 0.29) is 11.7 Å². The average Bonchev–Trinajstić information content (AvgIpc) is 3.09.